The van der Waals surface area contributed by atoms with Crippen molar-refractivity contribution in [1.82, 2.24) is 14.3 Å². The second kappa shape index (κ2) is 5.42. The van der Waals surface area contributed by atoms with E-state index in [0.29, 0.717) is 16.6 Å². The number of hydrogen-bond acceptors (Lipinski definition) is 6. The smallest absolute Gasteiger partial charge is 0.298 e. The number of aryl methyl sites for hydroxylation is 1. The molecule has 0 saturated carbocycles. The molecule has 2 heterocycles. The van der Waals surface area contributed by atoms with E-state index in [1.165, 1.54) is 11.5 Å². The predicted octanol–water partition coefficient (Wildman–Crippen LogP) is 3.41. The molecule has 2 aromatic heterocycles. The Kier molecular flexibility index (Phi) is 3.47. The first-order chi connectivity index (χ1) is 9.78. The molecule has 0 fully saturated rings. The van der Waals surface area contributed by atoms with Crippen LogP contribution < -0.4 is 10.5 Å². The van der Waals surface area contributed by atoms with Crippen molar-refractivity contribution in [2.24, 2.45) is 0 Å². The van der Waals surface area contributed by atoms with E-state index < -0.39 is 0 Å². The van der Waals surface area contributed by atoms with Gasteiger partial charge in [-0.1, -0.05) is 6.92 Å². The molecule has 20 heavy (non-hydrogen) atoms. The average molecular weight is 286 g/mol. The van der Waals surface area contributed by atoms with Crippen molar-refractivity contribution in [1.29, 1.82) is 0 Å². The lowest BCUT2D eigenvalue weighted by Gasteiger charge is -2.07. The number of benzene rings is 1. The van der Waals surface area contributed by atoms with Crippen molar-refractivity contribution in [3.8, 4) is 10.9 Å². The number of nitrogen functional groups attached to an aromatic ring is 1. The lowest BCUT2D eigenvalue weighted by atomic mass is 10.2. The van der Waals surface area contributed by atoms with Gasteiger partial charge in [0.2, 0.25) is 0 Å². The summed E-state index contributed by atoms with van der Waals surface area (Å²) in [5, 5.41) is 1.42. The summed E-state index contributed by atoms with van der Waals surface area (Å²) in [5.74, 6) is 1.52. The van der Waals surface area contributed by atoms with Crippen LogP contribution in [0.25, 0.3) is 10.9 Å². The van der Waals surface area contributed by atoms with Gasteiger partial charge in [0.05, 0.1) is 11.2 Å². The molecule has 0 unspecified atom stereocenters. The first-order valence-electron chi connectivity index (χ1n) is 6.41. The van der Waals surface area contributed by atoms with Crippen LogP contribution in [0.1, 0.15) is 19.2 Å². The molecule has 0 radical (unpaired) electrons. The number of aromatic nitrogens is 3. The van der Waals surface area contributed by atoms with Gasteiger partial charge in [0.25, 0.3) is 5.19 Å². The standard InChI is InChI=1S/C14H14N4OS/c1-2-4-12-17-14(20-18-12)19-11-7-6-10(15)13-9(11)5-3-8-16-13/h3,5-8H,2,4,15H2,1H3. The quantitative estimate of drug-likeness (QED) is 0.744. The first kappa shape index (κ1) is 12.8. The molecule has 102 valence electrons. The van der Waals surface area contributed by atoms with E-state index in [9.17, 15) is 0 Å². The maximum absolute atomic E-state index is 5.92. The van der Waals surface area contributed by atoms with E-state index in [-0.39, 0.29) is 0 Å². The number of nitrogens with zero attached hydrogens (tertiary/aromatic N) is 3. The highest BCUT2D eigenvalue weighted by Gasteiger charge is 2.10. The molecule has 2 N–H and O–H groups in total. The van der Waals surface area contributed by atoms with Gasteiger partial charge in [-0.3, -0.25) is 4.98 Å². The maximum atomic E-state index is 5.92. The van der Waals surface area contributed by atoms with Crippen molar-refractivity contribution >= 4 is 28.1 Å². The van der Waals surface area contributed by atoms with E-state index in [1.54, 1.807) is 12.3 Å². The zero-order chi connectivity index (χ0) is 13.9. The molecule has 0 spiro atoms. The summed E-state index contributed by atoms with van der Waals surface area (Å²) >= 11 is 1.26. The van der Waals surface area contributed by atoms with Gasteiger partial charge < -0.3 is 10.5 Å². The minimum atomic E-state index is 0.545. The number of hydrogen-bond donors (Lipinski definition) is 1. The predicted molar refractivity (Wildman–Crippen MR) is 80.1 cm³/mol. The Morgan fingerprint density at radius 3 is 3.05 bits per heavy atom. The fraction of sp³-hybridized carbons (Fsp3) is 0.214. The van der Waals surface area contributed by atoms with Crippen molar-refractivity contribution in [3.05, 3.63) is 36.3 Å². The van der Waals surface area contributed by atoms with Gasteiger partial charge in [-0.2, -0.15) is 9.36 Å². The Morgan fingerprint density at radius 2 is 2.20 bits per heavy atom. The second-order valence-electron chi connectivity index (χ2n) is 4.38. The van der Waals surface area contributed by atoms with Gasteiger partial charge in [-0.25, -0.2) is 0 Å². The molecule has 0 aliphatic rings. The summed E-state index contributed by atoms with van der Waals surface area (Å²) < 4.78 is 10.1. The van der Waals surface area contributed by atoms with Gasteiger partial charge in [-0.05, 0) is 30.7 Å². The number of rotatable bonds is 4. The Labute approximate surface area is 120 Å². The van der Waals surface area contributed by atoms with Crippen LogP contribution in [0, 0.1) is 0 Å². The van der Waals surface area contributed by atoms with Crippen LogP contribution in [0.5, 0.6) is 10.9 Å². The topological polar surface area (TPSA) is 73.9 Å². The molecule has 0 amide bonds. The minimum Gasteiger partial charge on any atom is -0.429 e. The van der Waals surface area contributed by atoms with Gasteiger partial charge in [-0.15, -0.1) is 0 Å². The molecule has 6 heteroatoms. The van der Waals surface area contributed by atoms with Crippen LogP contribution in [-0.2, 0) is 6.42 Å². The normalized spacial score (nSPS) is 10.8. The van der Waals surface area contributed by atoms with Gasteiger partial charge in [0.15, 0.2) is 0 Å². The molecule has 0 atom stereocenters. The van der Waals surface area contributed by atoms with Crippen LogP contribution in [0.15, 0.2) is 30.5 Å². The van der Waals surface area contributed by atoms with Crippen molar-refractivity contribution in [2.45, 2.75) is 19.8 Å². The highest BCUT2D eigenvalue weighted by Crippen LogP contribution is 2.32. The lowest BCUT2D eigenvalue weighted by molar-refractivity contribution is 0.482. The first-order valence-corrected chi connectivity index (χ1v) is 7.19. The summed E-state index contributed by atoms with van der Waals surface area (Å²) in [6.07, 6.45) is 3.60. The fourth-order valence-corrected chi connectivity index (χ4v) is 2.54. The zero-order valence-electron chi connectivity index (χ0n) is 11.0. The molecule has 0 bridgehead atoms. The molecule has 0 aliphatic carbocycles. The Bertz CT molecular complexity index is 741. The number of anilines is 1. The third kappa shape index (κ3) is 2.42. The maximum Gasteiger partial charge on any atom is 0.298 e. The number of ether oxygens (including phenoxy) is 1. The summed E-state index contributed by atoms with van der Waals surface area (Å²) in [7, 11) is 0. The van der Waals surface area contributed by atoms with E-state index in [0.717, 1.165) is 29.6 Å². The number of nitrogens with two attached hydrogens (primary N) is 1. The van der Waals surface area contributed by atoms with Crippen LogP contribution in [0.2, 0.25) is 0 Å². The Hall–Kier alpha value is -2.21. The van der Waals surface area contributed by atoms with E-state index >= 15 is 0 Å². The molecular weight excluding hydrogens is 272 g/mol. The van der Waals surface area contributed by atoms with Gasteiger partial charge in [0.1, 0.15) is 11.6 Å². The second-order valence-corrected chi connectivity index (χ2v) is 5.10. The molecule has 3 rings (SSSR count). The summed E-state index contributed by atoms with van der Waals surface area (Å²) in [6, 6.07) is 7.41. The molecule has 5 nitrogen and oxygen atoms in total. The summed E-state index contributed by atoms with van der Waals surface area (Å²) in [6.45, 7) is 2.10. The highest BCUT2D eigenvalue weighted by molar-refractivity contribution is 7.07. The minimum absolute atomic E-state index is 0.545. The molecule has 1 aromatic carbocycles. The van der Waals surface area contributed by atoms with Crippen LogP contribution >= 0.6 is 11.5 Å². The van der Waals surface area contributed by atoms with Crippen molar-refractivity contribution < 1.29 is 4.74 Å². The molecule has 0 saturated heterocycles. The van der Waals surface area contributed by atoms with Gasteiger partial charge in [0, 0.05) is 29.5 Å². The third-order valence-electron chi connectivity index (χ3n) is 2.88. The lowest BCUT2D eigenvalue weighted by Crippen LogP contribution is -1.92. The molecule has 0 aliphatic heterocycles. The van der Waals surface area contributed by atoms with E-state index in [1.807, 2.05) is 18.2 Å². The average Bonchev–Trinajstić information content (AvgIpc) is 2.90. The van der Waals surface area contributed by atoms with Gasteiger partial charge >= 0.3 is 0 Å². The molecule has 3 aromatic rings. The summed E-state index contributed by atoms with van der Waals surface area (Å²) in [5.41, 5.74) is 7.29. The zero-order valence-corrected chi connectivity index (χ0v) is 11.9. The van der Waals surface area contributed by atoms with E-state index in [2.05, 4.69) is 21.3 Å². The Morgan fingerprint density at radius 1 is 1.30 bits per heavy atom. The highest BCUT2D eigenvalue weighted by atomic mass is 32.1. The third-order valence-corrected chi connectivity index (χ3v) is 3.51. The monoisotopic (exact) mass is 286 g/mol. The van der Waals surface area contributed by atoms with Crippen LogP contribution in [0.4, 0.5) is 5.69 Å². The Balaban J connectivity index is 1.96. The van der Waals surface area contributed by atoms with Crippen molar-refractivity contribution in [3.63, 3.8) is 0 Å². The fourth-order valence-electron chi connectivity index (χ4n) is 1.96. The van der Waals surface area contributed by atoms with E-state index in [4.69, 9.17) is 10.5 Å². The SMILES string of the molecule is CCCc1nsc(Oc2ccc(N)c3ncccc23)n1. The molecular formula is C14H14N4OS. The van der Waals surface area contributed by atoms with Crippen LogP contribution in [0.3, 0.4) is 0 Å². The summed E-state index contributed by atoms with van der Waals surface area (Å²) in [4.78, 5) is 8.64. The number of pyridine rings is 1. The number of fused-ring (bicyclic) bond motifs is 1. The largest absolute Gasteiger partial charge is 0.429 e. The van der Waals surface area contributed by atoms with Crippen LogP contribution in [-0.4, -0.2) is 14.3 Å². The van der Waals surface area contributed by atoms with Crippen molar-refractivity contribution in [2.75, 3.05) is 5.73 Å².